The molecule has 1 fully saturated rings. The largest absolute Gasteiger partial charge is 0.381 e. The minimum atomic E-state index is 0.798. The number of rotatable bonds is 10. The van der Waals surface area contributed by atoms with Crippen LogP contribution in [0.1, 0.15) is 39.0 Å². The molecule has 1 saturated heterocycles. The third-order valence-electron chi connectivity index (χ3n) is 4.73. The van der Waals surface area contributed by atoms with Crippen molar-refractivity contribution in [3.8, 4) is 0 Å². The zero-order chi connectivity index (χ0) is 18.5. The van der Waals surface area contributed by atoms with Crippen LogP contribution in [-0.4, -0.2) is 62.3 Å². The van der Waals surface area contributed by atoms with Crippen molar-refractivity contribution < 1.29 is 4.74 Å². The number of guanidine groups is 1. The molecule has 1 aromatic rings. The lowest BCUT2D eigenvalue weighted by atomic mass is 9.96. The number of nitrogens with one attached hydrogen (secondary N) is 2. The summed E-state index contributed by atoms with van der Waals surface area (Å²) in [7, 11) is 2.14. The topological polar surface area (TPSA) is 61.8 Å². The molecule has 1 aliphatic heterocycles. The maximum Gasteiger partial charge on any atom is 0.193 e. The van der Waals surface area contributed by atoms with Crippen molar-refractivity contribution >= 4 is 11.8 Å². The van der Waals surface area contributed by atoms with Gasteiger partial charge < -0.3 is 20.3 Å². The van der Waals surface area contributed by atoms with Gasteiger partial charge in [0.2, 0.25) is 0 Å². The Bertz CT molecular complexity index is 502. The van der Waals surface area contributed by atoms with Gasteiger partial charge in [0.15, 0.2) is 5.96 Å². The highest BCUT2D eigenvalue weighted by Gasteiger charge is 2.15. The number of unbranched alkanes of at least 4 members (excludes halogenated alkanes) is 1. The number of aromatic nitrogens is 1. The summed E-state index contributed by atoms with van der Waals surface area (Å²) in [4.78, 5) is 11.3. The third kappa shape index (κ3) is 8.04. The van der Waals surface area contributed by atoms with Crippen molar-refractivity contribution in [1.82, 2.24) is 15.2 Å². The van der Waals surface area contributed by atoms with Gasteiger partial charge >= 0.3 is 0 Å². The van der Waals surface area contributed by atoms with E-state index in [4.69, 9.17) is 9.73 Å². The highest BCUT2D eigenvalue weighted by molar-refractivity contribution is 5.79. The van der Waals surface area contributed by atoms with Crippen molar-refractivity contribution in [3.63, 3.8) is 0 Å². The number of nitrogens with zero attached hydrogens (tertiary/aromatic N) is 3. The SMILES string of the molecule is CCNC(=NCCCCNc1ccccn1)N(C)CCC1CCOCC1. The van der Waals surface area contributed by atoms with Gasteiger partial charge in [0.25, 0.3) is 0 Å². The Morgan fingerprint density at radius 2 is 2.15 bits per heavy atom. The number of anilines is 1. The Kier molecular flexibility index (Phi) is 9.87. The van der Waals surface area contributed by atoms with Crippen LogP contribution in [0.15, 0.2) is 29.4 Å². The van der Waals surface area contributed by atoms with E-state index in [0.29, 0.717) is 0 Å². The first kappa shape index (κ1) is 20.5. The molecule has 6 heteroatoms. The number of pyridine rings is 1. The Hall–Kier alpha value is -1.82. The first-order valence-electron chi connectivity index (χ1n) is 10.0. The standard InChI is InChI=1S/C20H35N5O/c1-3-21-20(25(2)15-9-18-10-16-26-17-11-18)24-14-7-6-13-23-19-8-4-5-12-22-19/h4-5,8,12,18H,3,6-7,9-11,13-17H2,1-2H3,(H,21,24)(H,22,23). The predicted octanol–water partition coefficient (Wildman–Crippen LogP) is 2.99. The summed E-state index contributed by atoms with van der Waals surface area (Å²) in [5.74, 6) is 2.76. The van der Waals surface area contributed by atoms with Gasteiger partial charge in [0.1, 0.15) is 5.82 Å². The van der Waals surface area contributed by atoms with Crippen molar-refractivity contribution in [1.29, 1.82) is 0 Å². The van der Waals surface area contributed by atoms with Gasteiger partial charge in [-0.1, -0.05) is 6.07 Å². The number of aliphatic imine (C=N–C) groups is 1. The maximum absolute atomic E-state index is 5.45. The van der Waals surface area contributed by atoms with Crippen LogP contribution in [0.25, 0.3) is 0 Å². The molecular formula is C20H35N5O. The minimum Gasteiger partial charge on any atom is -0.381 e. The summed E-state index contributed by atoms with van der Waals surface area (Å²) in [5.41, 5.74) is 0. The lowest BCUT2D eigenvalue weighted by Gasteiger charge is -2.26. The second kappa shape index (κ2) is 12.5. The minimum absolute atomic E-state index is 0.798. The molecule has 0 bridgehead atoms. The summed E-state index contributed by atoms with van der Waals surface area (Å²) < 4.78 is 5.45. The van der Waals surface area contributed by atoms with Crippen LogP contribution in [0, 0.1) is 5.92 Å². The van der Waals surface area contributed by atoms with Gasteiger partial charge in [-0.15, -0.1) is 0 Å². The molecule has 0 spiro atoms. The van der Waals surface area contributed by atoms with Gasteiger partial charge in [0.05, 0.1) is 0 Å². The van der Waals surface area contributed by atoms with Crippen molar-refractivity contribution in [3.05, 3.63) is 24.4 Å². The Morgan fingerprint density at radius 1 is 1.31 bits per heavy atom. The first-order chi connectivity index (χ1) is 12.8. The normalized spacial score (nSPS) is 15.7. The van der Waals surface area contributed by atoms with Gasteiger partial charge in [0, 0.05) is 52.6 Å². The summed E-state index contributed by atoms with van der Waals surface area (Å²) in [6.07, 6.45) is 7.59. The average molecular weight is 362 g/mol. The maximum atomic E-state index is 5.45. The monoisotopic (exact) mass is 361 g/mol. The van der Waals surface area contributed by atoms with E-state index in [-0.39, 0.29) is 0 Å². The summed E-state index contributed by atoms with van der Waals surface area (Å²) in [6, 6.07) is 5.92. The van der Waals surface area contributed by atoms with Crippen molar-refractivity contribution in [2.75, 3.05) is 51.8 Å². The molecule has 26 heavy (non-hydrogen) atoms. The molecule has 1 aromatic heterocycles. The van der Waals surface area contributed by atoms with Crippen molar-refractivity contribution in [2.45, 2.75) is 39.0 Å². The molecule has 2 N–H and O–H groups in total. The molecule has 2 heterocycles. The zero-order valence-electron chi connectivity index (χ0n) is 16.4. The predicted molar refractivity (Wildman–Crippen MR) is 109 cm³/mol. The van der Waals surface area contributed by atoms with Crippen molar-refractivity contribution in [2.24, 2.45) is 10.9 Å². The highest BCUT2D eigenvalue weighted by atomic mass is 16.5. The summed E-state index contributed by atoms with van der Waals surface area (Å²) in [6.45, 7) is 7.72. The van der Waals surface area contributed by atoms with E-state index in [1.54, 1.807) is 0 Å². The van der Waals surface area contributed by atoms with E-state index < -0.39 is 0 Å². The number of hydrogen-bond acceptors (Lipinski definition) is 4. The highest BCUT2D eigenvalue weighted by Crippen LogP contribution is 2.18. The molecule has 0 aliphatic carbocycles. The van der Waals surface area contributed by atoms with E-state index in [2.05, 4.69) is 34.5 Å². The van der Waals surface area contributed by atoms with E-state index >= 15 is 0 Å². The number of hydrogen-bond donors (Lipinski definition) is 2. The van der Waals surface area contributed by atoms with Crippen LogP contribution in [0.3, 0.4) is 0 Å². The lowest BCUT2D eigenvalue weighted by Crippen LogP contribution is -2.40. The molecule has 0 radical (unpaired) electrons. The van der Waals surface area contributed by atoms with E-state index in [1.807, 2.05) is 24.4 Å². The molecule has 0 atom stereocenters. The van der Waals surface area contributed by atoms with E-state index in [9.17, 15) is 0 Å². The van der Waals surface area contributed by atoms with E-state index in [0.717, 1.165) is 69.9 Å². The molecule has 0 amide bonds. The molecule has 0 unspecified atom stereocenters. The average Bonchev–Trinajstić information content (AvgIpc) is 2.69. The second-order valence-corrected chi connectivity index (χ2v) is 6.85. The molecule has 0 aromatic carbocycles. The molecule has 2 rings (SSSR count). The fourth-order valence-corrected chi connectivity index (χ4v) is 3.09. The van der Waals surface area contributed by atoms with Crippen LogP contribution >= 0.6 is 0 Å². The molecular weight excluding hydrogens is 326 g/mol. The Balaban J connectivity index is 1.64. The molecule has 1 aliphatic rings. The van der Waals surface area contributed by atoms with Crippen LogP contribution in [0.2, 0.25) is 0 Å². The molecule has 0 saturated carbocycles. The number of ether oxygens (including phenoxy) is 1. The van der Waals surface area contributed by atoms with Gasteiger partial charge in [-0.25, -0.2) is 4.98 Å². The summed E-state index contributed by atoms with van der Waals surface area (Å²) in [5, 5.41) is 6.75. The zero-order valence-corrected chi connectivity index (χ0v) is 16.4. The van der Waals surface area contributed by atoms with Crippen LogP contribution in [-0.2, 0) is 4.74 Å². The quantitative estimate of drug-likeness (QED) is 0.381. The van der Waals surface area contributed by atoms with Crippen LogP contribution < -0.4 is 10.6 Å². The second-order valence-electron chi connectivity index (χ2n) is 6.85. The van der Waals surface area contributed by atoms with E-state index in [1.165, 1.54) is 19.3 Å². The molecule has 6 nitrogen and oxygen atoms in total. The summed E-state index contributed by atoms with van der Waals surface area (Å²) >= 11 is 0. The first-order valence-corrected chi connectivity index (χ1v) is 10.0. The van der Waals surface area contributed by atoms with Gasteiger partial charge in [-0.3, -0.25) is 4.99 Å². The van der Waals surface area contributed by atoms with Crippen LogP contribution in [0.5, 0.6) is 0 Å². The lowest BCUT2D eigenvalue weighted by molar-refractivity contribution is 0.0625. The van der Waals surface area contributed by atoms with Gasteiger partial charge in [-0.05, 0) is 57.1 Å². The van der Waals surface area contributed by atoms with Gasteiger partial charge in [-0.2, -0.15) is 0 Å². The smallest absolute Gasteiger partial charge is 0.193 e. The molecule has 146 valence electrons. The fraction of sp³-hybridized carbons (Fsp3) is 0.700. The van der Waals surface area contributed by atoms with Crippen LogP contribution in [0.4, 0.5) is 5.82 Å². The fourth-order valence-electron chi connectivity index (χ4n) is 3.09. The third-order valence-corrected chi connectivity index (χ3v) is 4.73. The Morgan fingerprint density at radius 3 is 2.88 bits per heavy atom. The Labute approximate surface area is 158 Å².